The molecule has 1 saturated carbocycles. The molecular formula is C23H32NO4+. The van der Waals surface area contributed by atoms with Crippen LogP contribution in [0.4, 0.5) is 0 Å². The van der Waals surface area contributed by atoms with Crippen molar-refractivity contribution in [3.63, 3.8) is 0 Å². The van der Waals surface area contributed by atoms with Crippen molar-refractivity contribution in [2.45, 2.75) is 62.9 Å². The lowest BCUT2D eigenvalue weighted by atomic mass is 9.74. The monoisotopic (exact) mass is 386 g/mol. The van der Waals surface area contributed by atoms with Gasteiger partial charge in [-0.05, 0) is 18.4 Å². The molecule has 0 radical (unpaired) electrons. The molecule has 5 nitrogen and oxygen atoms in total. The van der Waals surface area contributed by atoms with Crippen molar-refractivity contribution in [3.8, 4) is 0 Å². The van der Waals surface area contributed by atoms with E-state index in [1.54, 1.807) is 0 Å². The van der Waals surface area contributed by atoms with Crippen LogP contribution < -0.4 is 0 Å². The van der Waals surface area contributed by atoms with Gasteiger partial charge < -0.3 is 14.3 Å². The van der Waals surface area contributed by atoms with E-state index >= 15 is 0 Å². The number of nitrogens with zero attached hydrogens (tertiary/aromatic N) is 1. The van der Waals surface area contributed by atoms with Gasteiger partial charge in [0.15, 0.2) is 12.6 Å². The number of hydrogen-bond acceptors (Lipinski definition) is 3. The third kappa shape index (κ3) is 3.69. The minimum absolute atomic E-state index is 0.0761. The fraction of sp³-hybridized carbons (Fsp3) is 0.652. The lowest BCUT2D eigenvalue weighted by Crippen LogP contribution is -2.66. The zero-order valence-corrected chi connectivity index (χ0v) is 16.6. The molecule has 5 rings (SSSR count). The number of carboxylic acid groups (broad SMARTS) is 1. The third-order valence-corrected chi connectivity index (χ3v) is 7.44. The molecule has 3 saturated heterocycles. The van der Waals surface area contributed by atoms with Gasteiger partial charge in [-0.25, -0.2) is 4.79 Å². The normalized spacial score (nSPS) is 31.7. The molecule has 0 amide bonds. The van der Waals surface area contributed by atoms with Crippen LogP contribution >= 0.6 is 0 Å². The van der Waals surface area contributed by atoms with Gasteiger partial charge in [-0.3, -0.25) is 4.79 Å². The highest BCUT2D eigenvalue weighted by molar-refractivity contribution is 5.83. The van der Waals surface area contributed by atoms with Gasteiger partial charge in [-0.15, -0.1) is 0 Å². The number of carbonyl (C=O) groups excluding carboxylic acids is 1. The largest absolute Gasteiger partial charge is 0.477 e. The Labute approximate surface area is 167 Å². The van der Waals surface area contributed by atoms with Crippen LogP contribution in [0.1, 0.15) is 56.9 Å². The van der Waals surface area contributed by atoms with Gasteiger partial charge in [0.25, 0.3) is 0 Å². The molecule has 4 aliphatic rings. The molecule has 1 aliphatic carbocycles. The highest BCUT2D eigenvalue weighted by Crippen LogP contribution is 2.42. The molecule has 28 heavy (non-hydrogen) atoms. The summed E-state index contributed by atoms with van der Waals surface area (Å²) < 4.78 is 6.81. The van der Waals surface area contributed by atoms with Crippen LogP contribution in [0.15, 0.2) is 30.3 Å². The topological polar surface area (TPSA) is 63.6 Å². The predicted octanol–water partition coefficient (Wildman–Crippen LogP) is 3.52. The number of fused-ring (bicyclic) bond motifs is 3. The van der Waals surface area contributed by atoms with Crippen molar-refractivity contribution in [3.05, 3.63) is 35.9 Å². The van der Waals surface area contributed by atoms with Gasteiger partial charge in [0.2, 0.25) is 0 Å². The molecule has 1 N–H and O–H groups in total. The van der Waals surface area contributed by atoms with Crippen molar-refractivity contribution < 1.29 is 23.9 Å². The number of hydrogen-bond donors (Lipinski definition) is 1. The summed E-state index contributed by atoms with van der Waals surface area (Å²) in [7, 11) is 0. The third-order valence-electron chi connectivity index (χ3n) is 7.44. The Morgan fingerprint density at radius 3 is 2.29 bits per heavy atom. The Balaban J connectivity index is 1.56. The van der Waals surface area contributed by atoms with Crippen LogP contribution in [0.5, 0.6) is 0 Å². The van der Waals surface area contributed by atoms with Gasteiger partial charge in [0.05, 0.1) is 18.5 Å². The summed E-state index contributed by atoms with van der Waals surface area (Å²) in [6.07, 6.45) is 7.93. The summed E-state index contributed by atoms with van der Waals surface area (Å²) in [6.45, 7) is 2.60. The smallest absolute Gasteiger partial charge is 0.359 e. The van der Waals surface area contributed by atoms with Gasteiger partial charge in [0.1, 0.15) is 6.54 Å². The molecule has 0 spiro atoms. The van der Waals surface area contributed by atoms with E-state index in [0.29, 0.717) is 16.9 Å². The number of piperidine rings is 3. The maximum atomic E-state index is 13.6. The van der Waals surface area contributed by atoms with E-state index < -0.39 is 11.4 Å². The summed E-state index contributed by atoms with van der Waals surface area (Å²) in [6, 6.07) is 10.2. The summed E-state index contributed by atoms with van der Waals surface area (Å²) in [5.74, 6) is -0.445. The molecular weight excluding hydrogens is 354 g/mol. The zero-order chi connectivity index (χ0) is 19.6. The lowest BCUT2D eigenvalue weighted by molar-refractivity contribution is -0.939. The minimum atomic E-state index is -0.755. The van der Waals surface area contributed by atoms with Crippen LogP contribution in [0.2, 0.25) is 0 Å². The fourth-order valence-electron chi connectivity index (χ4n) is 5.81. The molecule has 1 aromatic carbocycles. The SMILES string of the molecule is O=C(O)C[N+]12CCC(CC1)C(OC(=O)C1(c3ccccc3)CCCCCC1)C2. The van der Waals surface area contributed by atoms with Crippen LogP contribution in [-0.4, -0.2) is 53.8 Å². The van der Waals surface area contributed by atoms with E-state index in [0.717, 1.165) is 57.2 Å². The quantitative estimate of drug-likeness (QED) is 0.478. The summed E-state index contributed by atoms with van der Waals surface area (Å²) in [5.41, 5.74) is 0.541. The first kappa shape index (κ1) is 19.4. The second-order valence-electron chi connectivity index (χ2n) is 9.17. The van der Waals surface area contributed by atoms with Gasteiger partial charge in [-0.2, -0.15) is 0 Å². The van der Waals surface area contributed by atoms with Crippen LogP contribution in [0.25, 0.3) is 0 Å². The van der Waals surface area contributed by atoms with Crippen LogP contribution in [0, 0.1) is 5.92 Å². The Morgan fingerprint density at radius 1 is 1.04 bits per heavy atom. The molecule has 2 bridgehead atoms. The molecule has 1 aromatic rings. The van der Waals surface area contributed by atoms with E-state index in [1.165, 1.54) is 12.8 Å². The van der Waals surface area contributed by atoms with Gasteiger partial charge in [-0.1, -0.05) is 56.0 Å². The van der Waals surface area contributed by atoms with Crippen LogP contribution in [-0.2, 0) is 19.7 Å². The van der Waals surface area contributed by atoms with E-state index in [1.807, 2.05) is 18.2 Å². The molecule has 1 atom stereocenters. The first-order chi connectivity index (χ1) is 13.5. The average molecular weight is 387 g/mol. The molecule has 1 unspecified atom stereocenters. The van der Waals surface area contributed by atoms with Gasteiger partial charge >= 0.3 is 11.9 Å². The number of rotatable bonds is 5. The Morgan fingerprint density at radius 2 is 1.68 bits per heavy atom. The molecule has 3 aliphatic heterocycles. The van der Waals surface area contributed by atoms with Crippen molar-refractivity contribution in [1.82, 2.24) is 0 Å². The summed E-state index contributed by atoms with van der Waals surface area (Å²) in [5, 5.41) is 9.35. The molecule has 4 fully saturated rings. The number of quaternary nitrogens is 1. The first-order valence-corrected chi connectivity index (χ1v) is 10.9. The van der Waals surface area contributed by atoms with E-state index in [-0.39, 0.29) is 18.6 Å². The van der Waals surface area contributed by atoms with E-state index in [2.05, 4.69) is 12.1 Å². The zero-order valence-electron chi connectivity index (χ0n) is 16.6. The average Bonchev–Trinajstić information content (AvgIpc) is 2.96. The summed E-state index contributed by atoms with van der Waals surface area (Å²) >= 11 is 0. The minimum Gasteiger partial charge on any atom is -0.477 e. The number of carboxylic acids is 1. The number of aliphatic carboxylic acids is 1. The molecule has 152 valence electrons. The standard InChI is InChI=1S/C23H31NO4/c25-21(26)17-24-14-10-18(11-15-24)20(16-24)28-22(27)23(12-6-1-2-7-13-23)19-8-4-3-5-9-19/h3-5,8-9,18,20H,1-2,6-7,10-17H2/p+1. The number of benzene rings is 1. The highest BCUT2D eigenvalue weighted by atomic mass is 16.5. The Bertz CT molecular complexity index is 701. The lowest BCUT2D eigenvalue weighted by Gasteiger charge is -2.51. The highest BCUT2D eigenvalue weighted by Gasteiger charge is 2.51. The number of esters is 1. The Hall–Kier alpha value is -1.88. The van der Waals surface area contributed by atoms with E-state index in [9.17, 15) is 14.7 Å². The van der Waals surface area contributed by atoms with Crippen molar-refractivity contribution in [2.24, 2.45) is 5.92 Å². The number of carbonyl (C=O) groups is 2. The van der Waals surface area contributed by atoms with Crippen LogP contribution in [0.3, 0.4) is 0 Å². The second kappa shape index (κ2) is 7.86. The van der Waals surface area contributed by atoms with E-state index in [4.69, 9.17) is 4.74 Å². The van der Waals surface area contributed by atoms with Crippen molar-refractivity contribution >= 4 is 11.9 Å². The van der Waals surface area contributed by atoms with Crippen molar-refractivity contribution in [1.29, 1.82) is 0 Å². The molecule has 5 heteroatoms. The summed E-state index contributed by atoms with van der Waals surface area (Å²) in [4.78, 5) is 25.0. The fourth-order valence-corrected chi connectivity index (χ4v) is 5.81. The maximum Gasteiger partial charge on any atom is 0.359 e. The molecule has 0 aromatic heterocycles. The first-order valence-electron chi connectivity index (χ1n) is 10.9. The maximum absolute atomic E-state index is 13.6. The second-order valence-corrected chi connectivity index (χ2v) is 9.17. The molecule has 3 heterocycles. The van der Waals surface area contributed by atoms with Gasteiger partial charge in [0, 0.05) is 18.8 Å². The number of ether oxygens (including phenoxy) is 1. The van der Waals surface area contributed by atoms with Crippen molar-refractivity contribution in [2.75, 3.05) is 26.2 Å². The Kier molecular flexibility index (Phi) is 5.46. The predicted molar refractivity (Wildman–Crippen MR) is 106 cm³/mol.